The maximum atomic E-state index is 11.2. The van der Waals surface area contributed by atoms with Crippen molar-refractivity contribution in [1.29, 1.82) is 0 Å². The predicted octanol–water partition coefficient (Wildman–Crippen LogP) is 2.95. The summed E-state index contributed by atoms with van der Waals surface area (Å²) in [4.78, 5) is 16.0. The fourth-order valence-corrected chi connectivity index (χ4v) is 3.02. The van der Waals surface area contributed by atoms with Crippen LogP contribution in [0.5, 0.6) is 0 Å². The Bertz CT molecular complexity index is 854. The first-order valence-corrected chi connectivity index (χ1v) is 6.81. The molecule has 4 heteroatoms. The van der Waals surface area contributed by atoms with E-state index in [0.717, 1.165) is 47.5 Å². The zero-order valence-electron chi connectivity index (χ0n) is 11.6. The van der Waals surface area contributed by atoms with Gasteiger partial charge in [0.05, 0.1) is 16.7 Å². The summed E-state index contributed by atoms with van der Waals surface area (Å²) in [6.45, 7) is 6.01. The largest absolute Gasteiger partial charge is 0.343 e. The van der Waals surface area contributed by atoms with E-state index in [1.165, 1.54) is 11.1 Å². The maximum Gasteiger partial charge on any atom is 0.158 e. The number of imidazole rings is 1. The van der Waals surface area contributed by atoms with Crippen molar-refractivity contribution in [3.63, 3.8) is 0 Å². The summed E-state index contributed by atoms with van der Waals surface area (Å²) in [5.74, 6) is 0.906. The van der Waals surface area contributed by atoms with Crippen molar-refractivity contribution >= 4 is 17.3 Å². The minimum absolute atomic E-state index is 0.717. The zero-order valence-corrected chi connectivity index (χ0v) is 11.6. The minimum atomic E-state index is 0.717. The van der Waals surface area contributed by atoms with Crippen LogP contribution >= 0.6 is 0 Å². The highest BCUT2D eigenvalue weighted by Gasteiger charge is 2.23. The third kappa shape index (κ3) is 1.36. The molecule has 1 aliphatic heterocycles. The summed E-state index contributed by atoms with van der Waals surface area (Å²) < 4.78 is 4.34. The van der Waals surface area contributed by atoms with Crippen molar-refractivity contribution in [3.8, 4) is 11.5 Å². The van der Waals surface area contributed by atoms with Gasteiger partial charge in [0.15, 0.2) is 12.1 Å². The van der Waals surface area contributed by atoms with Crippen LogP contribution < -0.4 is 0 Å². The second kappa shape index (κ2) is 3.82. The van der Waals surface area contributed by atoms with Crippen molar-refractivity contribution in [2.45, 2.75) is 26.9 Å². The van der Waals surface area contributed by atoms with Crippen molar-refractivity contribution in [3.05, 3.63) is 41.1 Å². The molecular formula is C16H15N3O. The molecule has 20 heavy (non-hydrogen) atoms. The summed E-state index contributed by atoms with van der Waals surface area (Å²) in [5.41, 5.74) is 6.35. The minimum Gasteiger partial charge on any atom is -0.343 e. The lowest BCUT2D eigenvalue weighted by Crippen LogP contribution is -2.16. The number of carbonyl (C=O) groups excluding carboxylic acids is 1. The van der Waals surface area contributed by atoms with Crippen molar-refractivity contribution in [2.24, 2.45) is 0 Å². The summed E-state index contributed by atoms with van der Waals surface area (Å²) in [6, 6.07) is 6.19. The Morgan fingerprint density at radius 1 is 1.20 bits per heavy atom. The number of aromatic nitrogens is 3. The zero-order chi connectivity index (χ0) is 13.9. The molecule has 0 saturated carbocycles. The van der Waals surface area contributed by atoms with E-state index in [-0.39, 0.29) is 0 Å². The number of benzene rings is 1. The van der Waals surface area contributed by atoms with Gasteiger partial charge in [-0.25, -0.2) is 4.98 Å². The van der Waals surface area contributed by atoms with Crippen LogP contribution in [0.4, 0.5) is 0 Å². The number of aldehydes is 1. The Morgan fingerprint density at radius 2 is 2.00 bits per heavy atom. The molecule has 3 heterocycles. The van der Waals surface area contributed by atoms with Crippen molar-refractivity contribution in [2.75, 3.05) is 0 Å². The standard InChI is InChI=1S/C16H15N3O/c1-10-7-13-14(8-11(10)2)19-6-5-18-4-3-12(9-20)15(18)16(19)17-13/h3-4,7-9H,5-6H2,1-2H3. The highest BCUT2D eigenvalue weighted by atomic mass is 16.1. The van der Waals surface area contributed by atoms with Crippen LogP contribution in [0.25, 0.3) is 22.6 Å². The van der Waals surface area contributed by atoms with Crippen LogP contribution in [0.1, 0.15) is 21.5 Å². The predicted molar refractivity (Wildman–Crippen MR) is 78.0 cm³/mol. The second-order valence-electron chi connectivity index (χ2n) is 5.44. The summed E-state index contributed by atoms with van der Waals surface area (Å²) >= 11 is 0. The van der Waals surface area contributed by atoms with Crippen molar-refractivity contribution in [1.82, 2.24) is 14.1 Å². The molecule has 4 nitrogen and oxygen atoms in total. The van der Waals surface area contributed by atoms with Gasteiger partial charge in [-0.15, -0.1) is 0 Å². The first-order chi connectivity index (χ1) is 9.69. The van der Waals surface area contributed by atoms with Gasteiger partial charge in [0.1, 0.15) is 0 Å². The smallest absolute Gasteiger partial charge is 0.158 e. The Kier molecular flexibility index (Phi) is 2.19. The molecule has 0 radical (unpaired) electrons. The van der Waals surface area contributed by atoms with E-state index >= 15 is 0 Å². The summed E-state index contributed by atoms with van der Waals surface area (Å²) in [6.07, 6.45) is 2.88. The number of carbonyl (C=O) groups is 1. The van der Waals surface area contributed by atoms with Gasteiger partial charge >= 0.3 is 0 Å². The maximum absolute atomic E-state index is 11.2. The number of aryl methyl sites for hydroxylation is 4. The third-order valence-corrected chi connectivity index (χ3v) is 4.26. The Labute approximate surface area is 116 Å². The molecule has 0 unspecified atom stereocenters. The van der Waals surface area contributed by atoms with E-state index < -0.39 is 0 Å². The SMILES string of the molecule is Cc1cc2nc3n(c2cc1C)CCn1ccc(C=O)c1-3. The molecule has 1 aliphatic rings. The highest BCUT2D eigenvalue weighted by Crippen LogP contribution is 2.32. The molecule has 0 N–H and O–H groups in total. The number of hydrogen-bond acceptors (Lipinski definition) is 2. The fourth-order valence-electron chi connectivity index (χ4n) is 3.02. The molecule has 0 fully saturated rings. The summed E-state index contributed by atoms with van der Waals surface area (Å²) in [5, 5.41) is 0. The van der Waals surface area contributed by atoms with Crippen LogP contribution in [0.3, 0.4) is 0 Å². The quantitative estimate of drug-likeness (QED) is 0.635. The molecule has 4 rings (SSSR count). The fraction of sp³-hybridized carbons (Fsp3) is 0.250. The lowest BCUT2D eigenvalue weighted by Gasteiger charge is -2.19. The molecule has 0 saturated heterocycles. The molecule has 0 bridgehead atoms. The Balaban J connectivity index is 2.08. The van der Waals surface area contributed by atoms with E-state index in [4.69, 9.17) is 4.98 Å². The molecule has 0 spiro atoms. The molecule has 100 valence electrons. The first kappa shape index (κ1) is 11.5. The van der Waals surface area contributed by atoms with Crippen LogP contribution in [0.2, 0.25) is 0 Å². The third-order valence-electron chi connectivity index (χ3n) is 4.26. The molecule has 0 amide bonds. The van der Waals surface area contributed by atoms with Crippen LogP contribution in [-0.4, -0.2) is 20.4 Å². The van der Waals surface area contributed by atoms with Crippen LogP contribution in [0, 0.1) is 13.8 Å². The van der Waals surface area contributed by atoms with Gasteiger partial charge in [-0.2, -0.15) is 0 Å². The monoisotopic (exact) mass is 265 g/mol. The number of hydrogen-bond donors (Lipinski definition) is 0. The molecule has 0 atom stereocenters. The molecule has 2 aromatic heterocycles. The topological polar surface area (TPSA) is 39.8 Å². The van der Waals surface area contributed by atoms with Gasteiger partial charge in [-0.1, -0.05) is 0 Å². The van der Waals surface area contributed by atoms with Crippen LogP contribution in [-0.2, 0) is 13.1 Å². The molecule has 1 aromatic carbocycles. The highest BCUT2D eigenvalue weighted by molar-refractivity contribution is 5.89. The average Bonchev–Trinajstić information content (AvgIpc) is 3.00. The lowest BCUT2D eigenvalue weighted by atomic mass is 10.1. The average molecular weight is 265 g/mol. The van der Waals surface area contributed by atoms with Crippen molar-refractivity contribution < 1.29 is 4.79 Å². The van der Waals surface area contributed by atoms with Gasteiger partial charge < -0.3 is 9.13 Å². The Morgan fingerprint density at radius 3 is 2.80 bits per heavy atom. The van der Waals surface area contributed by atoms with E-state index in [1.807, 2.05) is 12.3 Å². The normalized spacial score (nSPS) is 13.3. The lowest BCUT2D eigenvalue weighted by molar-refractivity contribution is 0.112. The first-order valence-electron chi connectivity index (χ1n) is 6.81. The van der Waals surface area contributed by atoms with Gasteiger partial charge in [-0.3, -0.25) is 4.79 Å². The number of fused-ring (bicyclic) bond motifs is 5. The second-order valence-corrected chi connectivity index (χ2v) is 5.44. The van der Waals surface area contributed by atoms with E-state index in [2.05, 4.69) is 35.1 Å². The van der Waals surface area contributed by atoms with Gasteiger partial charge in [0.25, 0.3) is 0 Å². The number of nitrogens with zero attached hydrogens (tertiary/aromatic N) is 3. The molecular weight excluding hydrogens is 250 g/mol. The molecule has 3 aromatic rings. The van der Waals surface area contributed by atoms with E-state index in [1.54, 1.807) is 0 Å². The Hall–Kier alpha value is -2.36. The van der Waals surface area contributed by atoms with Crippen LogP contribution in [0.15, 0.2) is 24.4 Å². The van der Waals surface area contributed by atoms with E-state index in [0.29, 0.717) is 0 Å². The van der Waals surface area contributed by atoms with Gasteiger partial charge in [0, 0.05) is 24.8 Å². The van der Waals surface area contributed by atoms with Gasteiger partial charge in [-0.05, 0) is 43.2 Å². The van der Waals surface area contributed by atoms with E-state index in [9.17, 15) is 4.79 Å². The summed E-state index contributed by atoms with van der Waals surface area (Å²) in [7, 11) is 0. The van der Waals surface area contributed by atoms with Gasteiger partial charge in [0.2, 0.25) is 0 Å². The molecule has 0 aliphatic carbocycles. The number of rotatable bonds is 1.